The van der Waals surface area contributed by atoms with Gasteiger partial charge in [0.1, 0.15) is 32.3 Å². The van der Waals surface area contributed by atoms with E-state index >= 15 is 0 Å². The van der Waals surface area contributed by atoms with Gasteiger partial charge in [-0.3, -0.25) is 10.2 Å². The zero-order valence-electron chi connectivity index (χ0n) is 25.4. The summed E-state index contributed by atoms with van der Waals surface area (Å²) in [6.45, 7) is 16.7. The average Bonchev–Trinajstić information content (AvgIpc) is 3.54. The fraction of sp³-hybridized carbons (Fsp3) is 0.654. The van der Waals surface area contributed by atoms with Crippen LogP contribution in [0, 0.1) is 0 Å². The van der Waals surface area contributed by atoms with Crippen LogP contribution in [0.2, 0.25) is 0 Å². The molecule has 14 nitrogen and oxygen atoms in total. The highest BCUT2D eigenvalue weighted by Gasteiger charge is 2.35. The van der Waals surface area contributed by atoms with E-state index in [0.29, 0.717) is 55.5 Å². The van der Waals surface area contributed by atoms with Crippen molar-refractivity contribution < 1.29 is 28.2 Å². The molecule has 0 fully saturated rings. The number of nitrogens with one attached hydrogen (secondary N) is 5. The number of ether oxygens (including phenoxy) is 2. The molecule has 0 saturated heterocycles. The fourth-order valence-electron chi connectivity index (χ4n) is 3.87. The normalized spacial score (nSPS) is 18.8. The highest BCUT2D eigenvalue weighted by Crippen LogP contribution is 2.32. The maximum Gasteiger partial charge on any atom is 0.361 e. The predicted octanol–water partition coefficient (Wildman–Crippen LogP) is 3.15. The first-order valence-electron chi connectivity index (χ1n) is 13.9. The lowest BCUT2D eigenvalue weighted by Gasteiger charge is -2.30. The molecule has 2 aliphatic heterocycles. The maximum atomic E-state index is 12.2. The second-order valence-corrected chi connectivity index (χ2v) is 15.4. The van der Waals surface area contributed by atoms with Crippen molar-refractivity contribution in [1.29, 1.82) is 0 Å². The van der Waals surface area contributed by atoms with Crippen molar-refractivity contribution in [3.63, 3.8) is 0 Å². The first-order chi connectivity index (χ1) is 19.7. The predicted molar refractivity (Wildman–Crippen MR) is 164 cm³/mol. The van der Waals surface area contributed by atoms with Gasteiger partial charge in [0, 0.05) is 30.9 Å². The van der Waals surface area contributed by atoms with E-state index in [-0.39, 0.29) is 22.2 Å². The fourth-order valence-corrected chi connectivity index (χ4v) is 5.37. The van der Waals surface area contributed by atoms with Crippen molar-refractivity contribution in [3.8, 4) is 0 Å². The summed E-state index contributed by atoms with van der Waals surface area (Å²) >= 11 is -2.55. The number of nitrogens with zero attached hydrogens (tertiary/aromatic N) is 3. The number of H-pyrrole nitrogens is 2. The molecule has 2 aromatic heterocycles. The van der Waals surface area contributed by atoms with Crippen molar-refractivity contribution in [2.75, 3.05) is 36.9 Å². The Hall–Kier alpha value is -2.79. The highest BCUT2D eigenvalue weighted by atomic mass is 32.2. The van der Waals surface area contributed by atoms with Gasteiger partial charge in [0.2, 0.25) is 0 Å². The molecule has 0 radical (unpaired) electrons. The number of aromatic nitrogens is 4. The minimum Gasteiger partial charge on any atom is -0.598 e. The van der Waals surface area contributed by atoms with E-state index in [2.05, 4.69) is 40.1 Å². The molecular weight excluding hydrogens is 584 g/mol. The molecule has 2 aliphatic rings. The zero-order valence-corrected chi connectivity index (χ0v) is 27.1. The lowest BCUT2D eigenvalue weighted by Crippen LogP contribution is -2.42. The number of esters is 2. The lowest BCUT2D eigenvalue weighted by atomic mass is 10.1. The van der Waals surface area contributed by atoms with Crippen LogP contribution < -0.4 is 15.4 Å². The number of anilines is 2. The standard InChI is InChI=1S/C13H22N4O3S.C13H20N4O3S/c2*1-5-20-12(18)11-10-9(15-16-11)8(6-7-14-10)17-21(19)13(2,3)4/h8,14,17H,5-7H2,1-4H3,(H,15,16);14H,5-7H2,1-4H3,(H,15,16)/t8-,21?;/m1./s1. The third-order valence-corrected chi connectivity index (χ3v) is 9.10. The van der Waals surface area contributed by atoms with Crippen LogP contribution in [-0.4, -0.2) is 82.9 Å². The molecule has 2 aromatic rings. The number of fused-ring (bicyclic) bond motifs is 2. The van der Waals surface area contributed by atoms with Gasteiger partial charge < -0.3 is 29.2 Å². The smallest absolute Gasteiger partial charge is 0.361 e. The number of aromatic amines is 2. The van der Waals surface area contributed by atoms with Crippen LogP contribution in [0.5, 0.6) is 0 Å². The second kappa shape index (κ2) is 14.1. The van der Waals surface area contributed by atoms with Gasteiger partial charge in [-0.25, -0.2) is 9.59 Å². The summed E-state index contributed by atoms with van der Waals surface area (Å²) in [5, 5.41) is 20.0. The first-order valence-corrected chi connectivity index (χ1v) is 16.1. The van der Waals surface area contributed by atoms with E-state index in [9.17, 15) is 18.7 Å². The Morgan fingerprint density at radius 1 is 0.952 bits per heavy atom. The van der Waals surface area contributed by atoms with E-state index in [0.717, 1.165) is 12.1 Å². The summed E-state index contributed by atoms with van der Waals surface area (Å²) in [6.07, 6.45) is 1.38. The molecule has 0 spiro atoms. The molecule has 42 heavy (non-hydrogen) atoms. The van der Waals surface area contributed by atoms with Crippen LogP contribution >= 0.6 is 0 Å². The minimum atomic E-state index is -1.36. The lowest BCUT2D eigenvalue weighted by molar-refractivity contribution is 0.0511. The largest absolute Gasteiger partial charge is 0.598 e. The van der Waals surface area contributed by atoms with Crippen LogP contribution in [0.1, 0.15) is 107 Å². The van der Waals surface area contributed by atoms with E-state index in [1.54, 1.807) is 13.8 Å². The van der Waals surface area contributed by atoms with Crippen LogP contribution in [-0.2, 0) is 32.2 Å². The molecule has 0 saturated carbocycles. The van der Waals surface area contributed by atoms with Crippen LogP contribution in [0.25, 0.3) is 0 Å². The van der Waals surface area contributed by atoms with Gasteiger partial charge in [0.25, 0.3) is 0 Å². The van der Waals surface area contributed by atoms with Gasteiger partial charge in [-0.15, -0.1) is 4.72 Å². The average molecular weight is 627 g/mol. The molecule has 0 aromatic carbocycles. The molecule has 0 amide bonds. The van der Waals surface area contributed by atoms with Crippen molar-refractivity contribution in [3.05, 3.63) is 22.8 Å². The summed E-state index contributed by atoms with van der Waals surface area (Å²) in [5.74, 6) is -0.919. The van der Waals surface area contributed by atoms with Gasteiger partial charge in [0.05, 0.1) is 36.3 Å². The van der Waals surface area contributed by atoms with E-state index in [4.69, 9.17) is 9.47 Å². The molecule has 3 atom stereocenters. The van der Waals surface area contributed by atoms with Gasteiger partial charge >= 0.3 is 11.9 Å². The van der Waals surface area contributed by atoms with Crippen molar-refractivity contribution in [2.24, 2.45) is 4.40 Å². The molecule has 4 heterocycles. The Kier molecular flexibility index (Phi) is 11.3. The van der Waals surface area contributed by atoms with Crippen molar-refractivity contribution in [1.82, 2.24) is 25.1 Å². The van der Waals surface area contributed by atoms with Gasteiger partial charge in [0.15, 0.2) is 11.4 Å². The molecule has 2 unspecified atom stereocenters. The maximum absolute atomic E-state index is 12.2. The third kappa shape index (κ3) is 8.18. The summed E-state index contributed by atoms with van der Waals surface area (Å²) in [7, 11) is 0. The Morgan fingerprint density at radius 2 is 1.60 bits per heavy atom. The Labute approximate surface area is 252 Å². The zero-order chi connectivity index (χ0) is 31.2. The SMILES string of the molecule is CCOC(=O)c1[nH]nc2c1NCCC2=N[S+]([O-])C(C)(C)C.CCOC(=O)c1n[nH]c2c1NCC[C@H]2N[S+]([O-])C(C)(C)C. The van der Waals surface area contributed by atoms with Crippen LogP contribution in [0.15, 0.2) is 4.40 Å². The summed E-state index contributed by atoms with van der Waals surface area (Å²) < 4.78 is 41.0. The van der Waals surface area contributed by atoms with Gasteiger partial charge in [-0.2, -0.15) is 10.2 Å². The van der Waals surface area contributed by atoms with Crippen molar-refractivity contribution in [2.45, 2.75) is 83.8 Å². The monoisotopic (exact) mass is 626 g/mol. The molecule has 16 heteroatoms. The Bertz CT molecular complexity index is 1270. The Morgan fingerprint density at radius 3 is 2.21 bits per heavy atom. The number of carbonyl (C=O) groups is 2. The number of rotatable bonds is 7. The molecular formula is C26H42N8O6S2. The highest BCUT2D eigenvalue weighted by molar-refractivity contribution is 7.91. The molecule has 0 bridgehead atoms. The van der Waals surface area contributed by atoms with Gasteiger partial charge in [-0.05, 0) is 61.8 Å². The van der Waals surface area contributed by atoms with E-state index < -0.39 is 39.4 Å². The summed E-state index contributed by atoms with van der Waals surface area (Å²) in [6, 6.07) is -0.128. The quantitative estimate of drug-likeness (QED) is 0.223. The third-order valence-electron chi connectivity index (χ3n) is 6.05. The summed E-state index contributed by atoms with van der Waals surface area (Å²) in [4.78, 5) is 23.7. The van der Waals surface area contributed by atoms with Crippen LogP contribution in [0.3, 0.4) is 0 Å². The molecule has 5 N–H and O–H groups in total. The van der Waals surface area contributed by atoms with Crippen LogP contribution in [0.4, 0.5) is 11.4 Å². The Balaban J connectivity index is 0.000000230. The van der Waals surface area contributed by atoms with E-state index in [1.807, 2.05) is 41.5 Å². The second-order valence-electron chi connectivity index (χ2n) is 11.5. The number of hydrogen-bond acceptors (Lipinski definition) is 12. The number of carbonyl (C=O) groups excluding carboxylic acids is 2. The van der Waals surface area contributed by atoms with Gasteiger partial charge in [-0.1, -0.05) is 4.40 Å². The molecule has 4 rings (SSSR count). The molecule has 234 valence electrons. The summed E-state index contributed by atoms with van der Waals surface area (Å²) in [5.41, 5.74) is 3.68. The number of hydrogen-bond donors (Lipinski definition) is 5. The topological polar surface area (TPSA) is 205 Å². The van der Waals surface area contributed by atoms with E-state index in [1.165, 1.54) is 0 Å². The van der Waals surface area contributed by atoms with Crippen molar-refractivity contribution >= 4 is 51.7 Å². The molecule has 0 aliphatic carbocycles. The first kappa shape index (κ1) is 33.7. The minimum absolute atomic E-state index is 0.128.